The third-order valence-corrected chi connectivity index (χ3v) is 3.18. The van der Waals surface area contributed by atoms with Crippen LogP contribution < -0.4 is 5.32 Å². The molecule has 1 aliphatic carbocycles. The summed E-state index contributed by atoms with van der Waals surface area (Å²) in [5, 5.41) is 3.57. The van der Waals surface area contributed by atoms with Crippen molar-refractivity contribution in [2.24, 2.45) is 5.92 Å². The van der Waals surface area contributed by atoms with E-state index in [-0.39, 0.29) is 0 Å². The van der Waals surface area contributed by atoms with Crippen LogP contribution in [0.15, 0.2) is 12.7 Å². The Bertz CT molecular complexity index is 136. The van der Waals surface area contributed by atoms with Gasteiger partial charge in [0.05, 0.1) is 0 Å². The molecule has 0 aromatic heterocycles. The van der Waals surface area contributed by atoms with E-state index in [9.17, 15) is 0 Å². The van der Waals surface area contributed by atoms with Gasteiger partial charge in [-0.2, -0.15) is 0 Å². The Balaban J connectivity index is 2.29. The molecule has 1 rings (SSSR count). The van der Waals surface area contributed by atoms with Crippen LogP contribution in [0, 0.1) is 5.92 Å². The first-order valence-electron chi connectivity index (χ1n) is 5.72. The molecule has 1 saturated carbocycles. The van der Waals surface area contributed by atoms with Crippen molar-refractivity contribution in [3.63, 3.8) is 0 Å². The Hall–Kier alpha value is -0.300. The van der Waals surface area contributed by atoms with Gasteiger partial charge >= 0.3 is 0 Å². The molecule has 0 amide bonds. The standard InChI is InChI=1S/C12H23N/c1-3-10-13-12(4-2)11-8-6-5-7-9-11/h3,11-13H,1,4-10H2,2H3. The first-order chi connectivity index (χ1) is 6.38. The monoisotopic (exact) mass is 181 g/mol. The van der Waals surface area contributed by atoms with Gasteiger partial charge in [-0.05, 0) is 25.2 Å². The molecule has 0 radical (unpaired) electrons. The summed E-state index contributed by atoms with van der Waals surface area (Å²) < 4.78 is 0. The van der Waals surface area contributed by atoms with Gasteiger partial charge in [-0.15, -0.1) is 6.58 Å². The molecule has 13 heavy (non-hydrogen) atoms. The SMILES string of the molecule is C=CCNC(CC)C1CCCCC1. The topological polar surface area (TPSA) is 12.0 Å². The molecule has 0 aromatic carbocycles. The molecule has 1 heteroatoms. The lowest BCUT2D eigenvalue weighted by atomic mass is 9.83. The predicted molar refractivity (Wildman–Crippen MR) is 58.9 cm³/mol. The van der Waals surface area contributed by atoms with Gasteiger partial charge in [0, 0.05) is 12.6 Å². The van der Waals surface area contributed by atoms with Crippen LogP contribution in [-0.2, 0) is 0 Å². The Labute approximate surface area is 82.6 Å². The van der Waals surface area contributed by atoms with Crippen LogP contribution in [0.25, 0.3) is 0 Å². The number of rotatable bonds is 5. The highest BCUT2D eigenvalue weighted by molar-refractivity contribution is 4.81. The smallest absolute Gasteiger partial charge is 0.0134 e. The average Bonchev–Trinajstić information content (AvgIpc) is 2.21. The first-order valence-corrected chi connectivity index (χ1v) is 5.72. The van der Waals surface area contributed by atoms with Gasteiger partial charge in [0.2, 0.25) is 0 Å². The van der Waals surface area contributed by atoms with Crippen LogP contribution >= 0.6 is 0 Å². The van der Waals surface area contributed by atoms with Crippen molar-refractivity contribution in [1.82, 2.24) is 5.32 Å². The second-order valence-electron chi connectivity index (χ2n) is 4.11. The van der Waals surface area contributed by atoms with E-state index in [0.29, 0.717) is 0 Å². The zero-order valence-electron chi connectivity index (χ0n) is 8.89. The highest BCUT2D eigenvalue weighted by atomic mass is 14.9. The van der Waals surface area contributed by atoms with Gasteiger partial charge in [-0.3, -0.25) is 0 Å². The van der Waals surface area contributed by atoms with Crippen LogP contribution in [0.3, 0.4) is 0 Å². The fourth-order valence-corrected chi connectivity index (χ4v) is 2.42. The van der Waals surface area contributed by atoms with Gasteiger partial charge in [0.1, 0.15) is 0 Å². The molecule has 1 aliphatic rings. The summed E-state index contributed by atoms with van der Waals surface area (Å²) in [6, 6.07) is 0.735. The molecule has 1 fully saturated rings. The maximum absolute atomic E-state index is 3.75. The normalized spacial score (nSPS) is 21.3. The van der Waals surface area contributed by atoms with E-state index in [2.05, 4.69) is 18.8 Å². The van der Waals surface area contributed by atoms with Gasteiger partial charge in [0.25, 0.3) is 0 Å². The summed E-state index contributed by atoms with van der Waals surface area (Å²) in [5.41, 5.74) is 0. The Morgan fingerprint density at radius 2 is 2.08 bits per heavy atom. The van der Waals surface area contributed by atoms with Crippen molar-refractivity contribution < 1.29 is 0 Å². The Morgan fingerprint density at radius 1 is 1.38 bits per heavy atom. The third-order valence-electron chi connectivity index (χ3n) is 3.18. The summed E-state index contributed by atoms with van der Waals surface area (Å²) in [5.74, 6) is 0.929. The minimum Gasteiger partial charge on any atom is -0.310 e. The van der Waals surface area contributed by atoms with Crippen LogP contribution in [0.4, 0.5) is 0 Å². The molecule has 0 saturated heterocycles. The molecule has 0 heterocycles. The maximum Gasteiger partial charge on any atom is 0.0134 e. The second kappa shape index (κ2) is 6.20. The van der Waals surface area contributed by atoms with Crippen LogP contribution in [0.2, 0.25) is 0 Å². The van der Waals surface area contributed by atoms with Crippen molar-refractivity contribution in [3.05, 3.63) is 12.7 Å². The van der Waals surface area contributed by atoms with Gasteiger partial charge < -0.3 is 5.32 Å². The molecular weight excluding hydrogens is 158 g/mol. The van der Waals surface area contributed by atoms with Crippen molar-refractivity contribution in [2.45, 2.75) is 51.5 Å². The quantitative estimate of drug-likeness (QED) is 0.643. The van der Waals surface area contributed by atoms with Gasteiger partial charge in [-0.25, -0.2) is 0 Å². The van der Waals surface area contributed by atoms with Crippen LogP contribution in [-0.4, -0.2) is 12.6 Å². The van der Waals surface area contributed by atoms with E-state index < -0.39 is 0 Å². The Morgan fingerprint density at radius 3 is 2.62 bits per heavy atom. The first kappa shape index (κ1) is 10.8. The van der Waals surface area contributed by atoms with Crippen molar-refractivity contribution in [2.75, 3.05) is 6.54 Å². The summed E-state index contributed by atoms with van der Waals surface area (Å²) in [6.45, 7) is 7.00. The zero-order valence-corrected chi connectivity index (χ0v) is 8.89. The minimum atomic E-state index is 0.735. The van der Waals surface area contributed by atoms with Crippen LogP contribution in [0.1, 0.15) is 45.4 Å². The molecule has 1 nitrogen and oxygen atoms in total. The highest BCUT2D eigenvalue weighted by Gasteiger charge is 2.20. The summed E-state index contributed by atoms with van der Waals surface area (Å²) in [6.07, 6.45) is 10.4. The minimum absolute atomic E-state index is 0.735. The highest BCUT2D eigenvalue weighted by Crippen LogP contribution is 2.27. The molecule has 1 atom stereocenters. The summed E-state index contributed by atoms with van der Waals surface area (Å²) >= 11 is 0. The maximum atomic E-state index is 3.75. The summed E-state index contributed by atoms with van der Waals surface area (Å²) in [4.78, 5) is 0. The van der Waals surface area contributed by atoms with Crippen molar-refractivity contribution >= 4 is 0 Å². The van der Waals surface area contributed by atoms with Gasteiger partial charge in [-0.1, -0.05) is 32.3 Å². The molecule has 0 aliphatic heterocycles. The molecule has 76 valence electrons. The number of hydrogen-bond acceptors (Lipinski definition) is 1. The van der Waals surface area contributed by atoms with E-state index in [1.54, 1.807) is 0 Å². The zero-order chi connectivity index (χ0) is 9.52. The molecule has 0 spiro atoms. The van der Waals surface area contributed by atoms with E-state index >= 15 is 0 Å². The average molecular weight is 181 g/mol. The molecule has 0 aromatic rings. The van der Waals surface area contributed by atoms with Gasteiger partial charge in [0.15, 0.2) is 0 Å². The molecular formula is C12H23N. The number of hydrogen-bond donors (Lipinski definition) is 1. The van der Waals surface area contributed by atoms with E-state index in [0.717, 1.165) is 18.5 Å². The van der Waals surface area contributed by atoms with E-state index in [1.807, 2.05) is 6.08 Å². The van der Waals surface area contributed by atoms with Crippen molar-refractivity contribution in [1.29, 1.82) is 0 Å². The van der Waals surface area contributed by atoms with Crippen molar-refractivity contribution in [3.8, 4) is 0 Å². The fraction of sp³-hybridized carbons (Fsp3) is 0.833. The lowest BCUT2D eigenvalue weighted by molar-refractivity contribution is 0.268. The third kappa shape index (κ3) is 3.51. The van der Waals surface area contributed by atoms with Crippen LogP contribution in [0.5, 0.6) is 0 Å². The van der Waals surface area contributed by atoms with E-state index in [1.165, 1.54) is 38.5 Å². The lowest BCUT2D eigenvalue weighted by Gasteiger charge is -2.30. The largest absolute Gasteiger partial charge is 0.310 e. The Kier molecular flexibility index (Phi) is 5.14. The summed E-state index contributed by atoms with van der Waals surface area (Å²) in [7, 11) is 0. The lowest BCUT2D eigenvalue weighted by Crippen LogP contribution is -2.36. The molecule has 1 N–H and O–H groups in total. The fourth-order valence-electron chi connectivity index (χ4n) is 2.42. The molecule has 1 unspecified atom stereocenters. The second-order valence-corrected chi connectivity index (χ2v) is 4.11. The predicted octanol–water partition coefficient (Wildman–Crippen LogP) is 3.12. The number of nitrogens with one attached hydrogen (secondary N) is 1. The molecule has 0 bridgehead atoms. The van der Waals surface area contributed by atoms with E-state index in [4.69, 9.17) is 0 Å².